The molecule has 0 aromatic rings. The summed E-state index contributed by atoms with van der Waals surface area (Å²) in [6.45, 7) is 2.53. The summed E-state index contributed by atoms with van der Waals surface area (Å²) < 4.78 is 0. The van der Waals surface area contributed by atoms with Crippen LogP contribution in [0.4, 0.5) is 0 Å². The Bertz CT molecular complexity index is 153. The van der Waals surface area contributed by atoms with Crippen LogP contribution in [0.1, 0.15) is 6.42 Å². The molecule has 1 aliphatic heterocycles. The van der Waals surface area contributed by atoms with Crippen molar-refractivity contribution in [1.29, 1.82) is 0 Å². The van der Waals surface area contributed by atoms with E-state index < -0.39 is 0 Å². The summed E-state index contributed by atoms with van der Waals surface area (Å²) in [4.78, 5) is 7.26. The van der Waals surface area contributed by atoms with Crippen molar-refractivity contribution in [1.82, 2.24) is 10.4 Å². The maximum Gasteiger partial charge on any atom is 0.128 e. The van der Waals surface area contributed by atoms with Crippen LogP contribution in [0.5, 0.6) is 0 Å². The van der Waals surface area contributed by atoms with Crippen LogP contribution < -0.4 is 5.48 Å². The monoisotopic (exact) mass is 154 g/mol. The van der Waals surface area contributed by atoms with Crippen molar-refractivity contribution in [2.45, 2.75) is 12.5 Å². The van der Waals surface area contributed by atoms with Gasteiger partial charge in [0.2, 0.25) is 0 Å². The fourth-order valence-corrected chi connectivity index (χ4v) is 1.23. The van der Waals surface area contributed by atoms with Crippen LogP contribution in [0, 0.1) is 12.3 Å². The van der Waals surface area contributed by atoms with Crippen molar-refractivity contribution < 1.29 is 4.84 Å². The molecule has 0 aliphatic carbocycles. The topological polar surface area (TPSA) is 24.5 Å². The van der Waals surface area contributed by atoms with Crippen molar-refractivity contribution >= 4 is 0 Å². The average molecular weight is 154 g/mol. The Labute approximate surface area is 67.7 Å². The summed E-state index contributed by atoms with van der Waals surface area (Å²) in [5.74, 6) is 2.40. The first-order valence-electron chi connectivity index (χ1n) is 3.82. The molecule has 1 N–H and O–H groups in total. The van der Waals surface area contributed by atoms with Crippen LogP contribution in [0.2, 0.25) is 0 Å². The van der Waals surface area contributed by atoms with Crippen LogP contribution in [0.25, 0.3) is 0 Å². The number of nitrogens with zero attached hydrogens (tertiary/aromatic N) is 1. The Kier molecular flexibility index (Phi) is 3.37. The molecule has 0 radical (unpaired) electrons. The first-order chi connectivity index (χ1) is 5.33. The normalized spacial score (nSPS) is 25.3. The number of nitrogens with one attached hydrogen (secondary N) is 1. The van der Waals surface area contributed by atoms with E-state index in [2.05, 4.69) is 23.3 Å². The van der Waals surface area contributed by atoms with Gasteiger partial charge in [-0.1, -0.05) is 5.92 Å². The second-order valence-electron chi connectivity index (χ2n) is 2.86. The zero-order chi connectivity index (χ0) is 8.10. The van der Waals surface area contributed by atoms with Crippen LogP contribution in [-0.4, -0.2) is 37.7 Å². The van der Waals surface area contributed by atoms with Gasteiger partial charge in [-0.25, -0.2) is 0 Å². The van der Waals surface area contributed by atoms with Gasteiger partial charge in [-0.3, -0.25) is 4.84 Å². The highest BCUT2D eigenvalue weighted by Gasteiger charge is 2.18. The van der Waals surface area contributed by atoms with Gasteiger partial charge in [-0.15, -0.1) is 6.42 Å². The molecule has 0 bridgehead atoms. The Morgan fingerprint density at radius 3 is 3.18 bits per heavy atom. The molecule has 1 rings (SSSR count). The number of hydrogen-bond donors (Lipinski definition) is 1. The number of hydrogen-bond acceptors (Lipinski definition) is 3. The molecule has 0 spiro atoms. The van der Waals surface area contributed by atoms with Crippen LogP contribution in [0.15, 0.2) is 0 Å². The summed E-state index contributed by atoms with van der Waals surface area (Å²) in [6.07, 6.45) is 6.16. The highest BCUT2D eigenvalue weighted by Crippen LogP contribution is 2.05. The molecule has 1 saturated heterocycles. The maximum atomic E-state index is 5.02. The largest absolute Gasteiger partial charge is 0.305 e. The minimum absolute atomic E-state index is 0.347. The fourth-order valence-electron chi connectivity index (χ4n) is 1.23. The van der Waals surface area contributed by atoms with E-state index in [9.17, 15) is 0 Å². The van der Waals surface area contributed by atoms with Crippen molar-refractivity contribution in [3.8, 4) is 12.3 Å². The molecule has 1 aliphatic rings. The third-order valence-corrected chi connectivity index (χ3v) is 1.80. The molecule has 62 valence electrons. The van der Waals surface area contributed by atoms with E-state index in [1.54, 1.807) is 0 Å². The van der Waals surface area contributed by atoms with Gasteiger partial charge in [0, 0.05) is 12.6 Å². The minimum Gasteiger partial charge on any atom is -0.305 e. The molecule has 3 nitrogen and oxygen atoms in total. The third kappa shape index (κ3) is 2.89. The van der Waals surface area contributed by atoms with E-state index >= 15 is 0 Å². The number of likely N-dealkylation sites (N-methyl/N-ethyl adjacent to an activating group) is 1. The number of likely N-dealkylation sites (tertiary alicyclic amines) is 1. The Balaban J connectivity index is 2.05. The molecule has 3 heteroatoms. The third-order valence-electron chi connectivity index (χ3n) is 1.80. The smallest absolute Gasteiger partial charge is 0.128 e. The summed E-state index contributed by atoms with van der Waals surface area (Å²) in [5, 5.41) is 0. The second-order valence-corrected chi connectivity index (χ2v) is 2.86. The SMILES string of the molecule is C#CCONC1CCN(C)C1. The summed E-state index contributed by atoms with van der Waals surface area (Å²) in [7, 11) is 2.10. The van der Waals surface area contributed by atoms with Gasteiger partial charge in [0.1, 0.15) is 6.61 Å². The molecular formula is C8H14N2O. The fraction of sp³-hybridized carbons (Fsp3) is 0.750. The number of hydroxylamine groups is 1. The average Bonchev–Trinajstić information content (AvgIpc) is 2.37. The van der Waals surface area contributed by atoms with Gasteiger partial charge in [0.05, 0.1) is 0 Å². The second kappa shape index (κ2) is 4.35. The lowest BCUT2D eigenvalue weighted by Gasteiger charge is -2.10. The van der Waals surface area contributed by atoms with Gasteiger partial charge < -0.3 is 4.90 Å². The van der Waals surface area contributed by atoms with Crippen molar-refractivity contribution in [3.63, 3.8) is 0 Å². The van der Waals surface area contributed by atoms with Crippen molar-refractivity contribution in [2.24, 2.45) is 0 Å². The molecule has 1 fully saturated rings. The van der Waals surface area contributed by atoms with Crippen LogP contribution >= 0.6 is 0 Å². The van der Waals surface area contributed by atoms with Gasteiger partial charge >= 0.3 is 0 Å². The lowest BCUT2D eigenvalue weighted by Crippen LogP contribution is -2.31. The molecule has 0 aromatic heterocycles. The number of rotatable bonds is 3. The quantitative estimate of drug-likeness (QED) is 0.347. The molecule has 0 amide bonds. The lowest BCUT2D eigenvalue weighted by molar-refractivity contribution is 0.0410. The molecule has 0 saturated carbocycles. The van der Waals surface area contributed by atoms with E-state index in [0.717, 1.165) is 19.5 Å². The van der Waals surface area contributed by atoms with E-state index in [1.165, 1.54) is 0 Å². The Morgan fingerprint density at radius 1 is 1.82 bits per heavy atom. The van der Waals surface area contributed by atoms with Crippen LogP contribution in [-0.2, 0) is 4.84 Å². The van der Waals surface area contributed by atoms with E-state index in [4.69, 9.17) is 11.3 Å². The predicted octanol–water partition coefficient (Wildman–Crippen LogP) is -0.155. The summed E-state index contributed by atoms with van der Waals surface area (Å²) in [6, 6.07) is 0.452. The van der Waals surface area contributed by atoms with Crippen molar-refractivity contribution in [3.05, 3.63) is 0 Å². The zero-order valence-electron chi connectivity index (χ0n) is 6.84. The van der Waals surface area contributed by atoms with Gasteiger partial charge in [0.25, 0.3) is 0 Å². The van der Waals surface area contributed by atoms with Gasteiger partial charge in [-0.2, -0.15) is 5.48 Å². The maximum absolute atomic E-state index is 5.02. The summed E-state index contributed by atoms with van der Waals surface area (Å²) >= 11 is 0. The molecule has 1 unspecified atom stereocenters. The highest BCUT2D eigenvalue weighted by atomic mass is 16.6. The standard InChI is InChI=1S/C8H14N2O/c1-3-6-11-9-8-4-5-10(2)7-8/h1,8-9H,4-7H2,2H3. The molecule has 1 heterocycles. The first-order valence-corrected chi connectivity index (χ1v) is 3.82. The predicted molar refractivity (Wildman–Crippen MR) is 43.8 cm³/mol. The Morgan fingerprint density at radius 2 is 2.64 bits per heavy atom. The molecular weight excluding hydrogens is 140 g/mol. The van der Waals surface area contributed by atoms with Gasteiger partial charge in [0.15, 0.2) is 0 Å². The Hall–Kier alpha value is -0.560. The highest BCUT2D eigenvalue weighted by molar-refractivity contribution is 4.83. The summed E-state index contributed by atoms with van der Waals surface area (Å²) in [5.41, 5.74) is 2.93. The number of terminal acetylenes is 1. The van der Waals surface area contributed by atoms with Crippen molar-refractivity contribution in [2.75, 3.05) is 26.7 Å². The minimum atomic E-state index is 0.347. The molecule has 1 atom stereocenters. The lowest BCUT2D eigenvalue weighted by atomic mass is 10.3. The van der Waals surface area contributed by atoms with Gasteiger partial charge in [-0.05, 0) is 20.0 Å². The first kappa shape index (κ1) is 8.54. The molecule has 11 heavy (non-hydrogen) atoms. The van der Waals surface area contributed by atoms with Crippen LogP contribution in [0.3, 0.4) is 0 Å². The zero-order valence-corrected chi connectivity index (χ0v) is 6.84. The molecule has 0 aromatic carbocycles. The van der Waals surface area contributed by atoms with E-state index in [-0.39, 0.29) is 0 Å². The van der Waals surface area contributed by atoms with E-state index in [1.807, 2.05) is 0 Å². The van der Waals surface area contributed by atoms with E-state index in [0.29, 0.717) is 12.6 Å².